The SMILES string of the molecule is CCNC(=NCC(=O)N(C)C)N1CCN(Cc2ccc(Cl)cc2)CC1. The van der Waals surface area contributed by atoms with E-state index in [1.54, 1.807) is 19.0 Å². The number of hydrogen-bond acceptors (Lipinski definition) is 3. The lowest BCUT2D eigenvalue weighted by Crippen LogP contribution is -2.52. The van der Waals surface area contributed by atoms with Crippen molar-refractivity contribution < 1.29 is 4.79 Å². The number of rotatable bonds is 5. The maximum atomic E-state index is 11.8. The van der Waals surface area contributed by atoms with Crippen LogP contribution in [0.2, 0.25) is 5.02 Å². The predicted molar refractivity (Wildman–Crippen MR) is 103 cm³/mol. The van der Waals surface area contributed by atoms with Crippen LogP contribution in [-0.2, 0) is 11.3 Å². The molecular formula is C18H28ClN5O. The van der Waals surface area contributed by atoms with Crippen LogP contribution in [0.1, 0.15) is 12.5 Å². The average Bonchev–Trinajstić information content (AvgIpc) is 2.61. The van der Waals surface area contributed by atoms with Gasteiger partial charge in [0, 0.05) is 58.4 Å². The van der Waals surface area contributed by atoms with Gasteiger partial charge in [0.05, 0.1) is 0 Å². The summed E-state index contributed by atoms with van der Waals surface area (Å²) in [6.07, 6.45) is 0. The van der Waals surface area contributed by atoms with Gasteiger partial charge in [-0.25, -0.2) is 4.99 Å². The van der Waals surface area contributed by atoms with Crippen molar-refractivity contribution in [3.8, 4) is 0 Å². The van der Waals surface area contributed by atoms with Crippen molar-refractivity contribution in [1.82, 2.24) is 20.0 Å². The zero-order chi connectivity index (χ0) is 18.2. The average molecular weight is 366 g/mol. The van der Waals surface area contributed by atoms with Gasteiger partial charge in [-0.3, -0.25) is 9.69 Å². The highest BCUT2D eigenvalue weighted by Crippen LogP contribution is 2.13. The third kappa shape index (κ3) is 6.21. The number of hydrogen-bond donors (Lipinski definition) is 1. The number of amides is 1. The first kappa shape index (κ1) is 19.5. The molecule has 1 aromatic carbocycles. The standard InChI is InChI=1S/C18H28ClN5O/c1-4-20-18(21-13-17(25)22(2)3)24-11-9-23(10-12-24)14-15-5-7-16(19)8-6-15/h5-8H,4,9-14H2,1-3H3,(H,20,21). The number of carbonyl (C=O) groups is 1. The molecule has 0 aliphatic carbocycles. The van der Waals surface area contributed by atoms with Crippen molar-refractivity contribution >= 4 is 23.5 Å². The van der Waals surface area contributed by atoms with Crippen LogP contribution in [0.4, 0.5) is 0 Å². The molecule has 0 saturated carbocycles. The first-order chi connectivity index (χ1) is 12.0. The van der Waals surface area contributed by atoms with Crippen LogP contribution in [-0.4, -0.2) is 79.9 Å². The number of carbonyl (C=O) groups excluding carboxylic acids is 1. The van der Waals surface area contributed by atoms with Crippen molar-refractivity contribution in [2.75, 3.05) is 53.4 Å². The highest BCUT2D eigenvalue weighted by Gasteiger charge is 2.20. The second-order valence-corrected chi connectivity index (χ2v) is 6.78. The van der Waals surface area contributed by atoms with Gasteiger partial charge < -0.3 is 15.1 Å². The molecule has 138 valence electrons. The van der Waals surface area contributed by atoms with Gasteiger partial charge in [0.1, 0.15) is 6.54 Å². The Kier molecular flexibility index (Phi) is 7.52. The van der Waals surface area contributed by atoms with Gasteiger partial charge in [-0.2, -0.15) is 0 Å². The van der Waals surface area contributed by atoms with E-state index < -0.39 is 0 Å². The van der Waals surface area contributed by atoms with Crippen LogP contribution < -0.4 is 5.32 Å². The minimum absolute atomic E-state index is 0.0109. The predicted octanol–water partition coefficient (Wildman–Crippen LogP) is 1.51. The molecule has 1 fully saturated rings. The zero-order valence-electron chi connectivity index (χ0n) is 15.3. The van der Waals surface area contributed by atoms with E-state index in [1.165, 1.54) is 5.56 Å². The number of guanidine groups is 1. The number of nitrogens with zero attached hydrogens (tertiary/aromatic N) is 4. The van der Waals surface area contributed by atoms with Crippen LogP contribution in [0.25, 0.3) is 0 Å². The van der Waals surface area contributed by atoms with E-state index in [-0.39, 0.29) is 12.5 Å². The Labute approximate surface area is 155 Å². The number of piperazine rings is 1. The summed E-state index contributed by atoms with van der Waals surface area (Å²) in [5, 5.41) is 4.06. The summed E-state index contributed by atoms with van der Waals surface area (Å²) in [5.41, 5.74) is 1.27. The van der Waals surface area contributed by atoms with E-state index in [9.17, 15) is 4.79 Å². The third-order valence-corrected chi connectivity index (χ3v) is 4.44. The lowest BCUT2D eigenvalue weighted by atomic mass is 10.2. The van der Waals surface area contributed by atoms with Crippen molar-refractivity contribution in [3.63, 3.8) is 0 Å². The van der Waals surface area contributed by atoms with E-state index in [0.717, 1.165) is 50.3 Å². The molecule has 7 heteroatoms. The normalized spacial score (nSPS) is 16.0. The maximum Gasteiger partial charge on any atom is 0.243 e. The molecule has 1 aromatic rings. The molecule has 0 unspecified atom stereocenters. The lowest BCUT2D eigenvalue weighted by molar-refractivity contribution is -0.127. The van der Waals surface area contributed by atoms with Gasteiger partial charge in [0.15, 0.2) is 5.96 Å². The molecule has 25 heavy (non-hydrogen) atoms. The largest absolute Gasteiger partial charge is 0.357 e. The Hall–Kier alpha value is -1.79. The maximum absolute atomic E-state index is 11.8. The van der Waals surface area contributed by atoms with Gasteiger partial charge in [-0.05, 0) is 24.6 Å². The smallest absolute Gasteiger partial charge is 0.243 e. The molecule has 1 saturated heterocycles. The molecule has 0 aromatic heterocycles. The van der Waals surface area contributed by atoms with E-state index in [0.29, 0.717) is 0 Å². The lowest BCUT2D eigenvalue weighted by Gasteiger charge is -2.36. The molecule has 0 spiro atoms. The second kappa shape index (κ2) is 9.63. The first-order valence-electron chi connectivity index (χ1n) is 8.69. The molecule has 1 N–H and O–H groups in total. The summed E-state index contributed by atoms with van der Waals surface area (Å²) in [5.74, 6) is 0.834. The minimum Gasteiger partial charge on any atom is -0.357 e. The van der Waals surface area contributed by atoms with Crippen LogP contribution in [0.3, 0.4) is 0 Å². The molecule has 1 aliphatic heterocycles. The van der Waals surface area contributed by atoms with E-state index >= 15 is 0 Å². The molecule has 2 rings (SSSR count). The Morgan fingerprint density at radius 1 is 1.20 bits per heavy atom. The molecule has 6 nitrogen and oxygen atoms in total. The minimum atomic E-state index is 0.0109. The Morgan fingerprint density at radius 3 is 2.40 bits per heavy atom. The highest BCUT2D eigenvalue weighted by molar-refractivity contribution is 6.30. The molecule has 0 atom stereocenters. The van der Waals surface area contributed by atoms with Gasteiger partial charge >= 0.3 is 0 Å². The number of aliphatic imine (C=N–C) groups is 1. The summed E-state index contributed by atoms with van der Waals surface area (Å²) in [6.45, 7) is 7.67. The molecule has 0 radical (unpaired) electrons. The highest BCUT2D eigenvalue weighted by atomic mass is 35.5. The van der Waals surface area contributed by atoms with E-state index in [1.807, 2.05) is 19.1 Å². The fourth-order valence-electron chi connectivity index (χ4n) is 2.68. The van der Waals surface area contributed by atoms with Crippen molar-refractivity contribution in [1.29, 1.82) is 0 Å². The van der Waals surface area contributed by atoms with Crippen molar-refractivity contribution in [3.05, 3.63) is 34.9 Å². The number of likely N-dealkylation sites (N-methyl/N-ethyl adjacent to an activating group) is 1. The van der Waals surface area contributed by atoms with Gasteiger partial charge in [-0.15, -0.1) is 0 Å². The summed E-state index contributed by atoms with van der Waals surface area (Å²) >= 11 is 5.94. The summed E-state index contributed by atoms with van der Waals surface area (Å²) in [7, 11) is 3.50. The van der Waals surface area contributed by atoms with E-state index in [2.05, 4.69) is 32.2 Å². The zero-order valence-corrected chi connectivity index (χ0v) is 16.1. The van der Waals surface area contributed by atoms with Crippen LogP contribution in [0, 0.1) is 0 Å². The van der Waals surface area contributed by atoms with Gasteiger partial charge in [-0.1, -0.05) is 23.7 Å². The Morgan fingerprint density at radius 2 is 1.84 bits per heavy atom. The quantitative estimate of drug-likeness (QED) is 0.635. The second-order valence-electron chi connectivity index (χ2n) is 6.35. The van der Waals surface area contributed by atoms with Crippen molar-refractivity contribution in [2.24, 2.45) is 4.99 Å². The summed E-state index contributed by atoms with van der Waals surface area (Å²) < 4.78 is 0. The Bertz CT molecular complexity index is 580. The monoisotopic (exact) mass is 365 g/mol. The fourth-order valence-corrected chi connectivity index (χ4v) is 2.80. The molecule has 1 heterocycles. The summed E-state index contributed by atoms with van der Waals surface area (Å²) in [6, 6.07) is 8.02. The van der Waals surface area contributed by atoms with Crippen molar-refractivity contribution in [2.45, 2.75) is 13.5 Å². The number of halogens is 1. The number of benzene rings is 1. The third-order valence-electron chi connectivity index (χ3n) is 4.19. The number of nitrogens with one attached hydrogen (secondary N) is 1. The topological polar surface area (TPSA) is 51.2 Å². The molecule has 1 amide bonds. The van der Waals surface area contributed by atoms with Gasteiger partial charge in [0.2, 0.25) is 5.91 Å². The first-order valence-corrected chi connectivity index (χ1v) is 9.07. The summed E-state index contributed by atoms with van der Waals surface area (Å²) in [4.78, 5) is 22.5. The van der Waals surface area contributed by atoms with Crippen LogP contribution >= 0.6 is 11.6 Å². The molecule has 1 aliphatic rings. The molecule has 0 bridgehead atoms. The van der Waals surface area contributed by atoms with Gasteiger partial charge in [0.25, 0.3) is 0 Å². The van der Waals surface area contributed by atoms with Crippen LogP contribution in [0.15, 0.2) is 29.3 Å². The van der Waals surface area contributed by atoms with E-state index in [4.69, 9.17) is 11.6 Å². The Balaban J connectivity index is 1.88. The molecular weight excluding hydrogens is 338 g/mol. The van der Waals surface area contributed by atoms with Crippen LogP contribution in [0.5, 0.6) is 0 Å². The fraction of sp³-hybridized carbons (Fsp3) is 0.556.